The van der Waals surface area contributed by atoms with Crippen LogP contribution in [0.25, 0.3) is 0 Å². The van der Waals surface area contributed by atoms with Crippen LogP contribution in [0.15, 0.2) is 0 Å². The van der Waals surface area contributed by atoms with Gasteiger partial charge in [0.1, 0.15) is 0 Å². The topological polar surface area (TPSA) is 46.5 Å². The minimum Gasteiger partial charge on any atom is -0.466 e. The highest BCUT2D eigenvalue weighted by atomic mass is 16.5. The first-order chi connectivity index (χ1) is 12.2. The average molecular weight is 357 g/mol. The summed E-state index contributed by atoms with van der Waals surface area (Å²) < 4.78 is 5.15. The van der Waals surface area contributed by atoms with E-state index in [4.69, 9.17) is 4.74 Å². The number of hydrogen-bond donors (Lipinski definition) is 1. The van der Waals surface area contributed by atoms with Crippen LogP contribution in [0.2, 0.25) is 0 Å². The molecule has 0 aliphatic rings. The van der Waals surface area contributed by atoms with Crippen molar-refractivity contribution in [2.75, 3.05) is 6.61 Å². The lowest BCUT2D eigenvalue weighted by Gasteiger charge is -2.10. The number of esters is 1. The number of aliphatic hydroxyl groups is 1. The van der Waals surface area contributed by atoms with Gasteiger partial charge < -0.3 is 9.84 Å². The van der Waals surface area contributed by atoms with E-state index in [0.717, 1.165) is 38.5 Å². The number of ether oxygens (including phenoxy) is 1. The highest BCUT2D eigenvalue weighted by Crippen LogP contribution is 2.14. The molecule has 0 aromatic carbocycles. The van der Waals surface area contributed by atoms with Gasteiger partial charge in [-0.05, 0) is 25.7 Å². The molecule has 1 atom stereocenters. The molecule has 0 bridgehead atoms. The zero-order chi connectivity index (χ0) is 18.6. The molecule has 0 spiro atoms. The fraction of sp³-hybridized carbons (Fsp3) is 0.955. The van der Waals surface area contributed by atoms with Gasteiger partial charge in [-0.25, -0.2) is 0 Å². The lowest BCUT2D eigenvalue weighted by molar-refractivity contribution is -0.143. The fourth-order valence-corrected chi connectivity index (χ4v) is 3.06. The van der Waals surface area contributed by atoms with Crippen molar-refractivity contribution >= 4 is 5.97 Å². The summed E-state index contributed by atoms with van der Waals surface area (Å²) in [4.78, 5) is 11.4. The second-order valence-corrected chi connectivity index (χ2v) is 7.44. The second kappa shape index (κ2) is 19.8. The SMILES string of the molecule is CCCCCC[C@@H](O)CCCCCCCCCCC(=O)OCCCC. The summed E-state index contributed by atoms with van der Waals surface area (Å²) in [6.07, 6.45) is 19.1. The van der Waals surface area contributed by atoms with E-state index in [9.17, 15) is 9.90 Å². The number of hydrogen-bond acceptors (Lipinski definition) is 3. The van der Waals surface area contributed by atoms with Crippen molar-refractivity contribution in [3.8, 4) is 0 Å². The lowest BCUT2D eigenvalue weighted by Crippen LogP contribution is -2.05. The van der Waals surface area contributed by atoms with Crippen molar-refractivity contribution in [2.45, 2.75) is 129 Å². The molecular formula is C22H44O3. The van der Waals surface area contributed by atoms with Crippen molar-refractivity contribution < 1.29 is 14.6 Å². The van der Waals surface area contributed by atoms with Crippen LogP contribution >= 0.6 is 0 Å². The third-order valence-electron chi connectivity index (χ3n) is 4.82. The Bertz CT molecular complexity index is 278. The zero-order valence-corrected chi connectivity index (χ0v) is 17.1. The van der Waals surface area contributed by atoms with Gasteiger partial charge in [-0.15, -0.1) is 0 Å². The summed E-state index contributed by atoms with van der Waals surface area (Å²) in [5.41, 5.74) is 0. The molecule has 25 heavy (non-hydrogen) atoms. The van der Waals surface area contributed by atoms with Gasteiger partial charge in [-0.1, -0.05) is 90.9 Å². The van der Waals surface area contributed by atoms with Gasteiger partial charge in [0.25, 0.3) is 0 Å². The van der Waals surface area contributed by atoms with Crippen LogP contribution in [-0.2, 0) is 9.53 Å². The third-order valence-corrected chi connectivity index (χ3v) is 4.82. The van der Waals surface area contributed by atoms with Gasteiger partial charge in [0.2, 0.25) is 0 Å². The highest BCUT2D eigenvalue weighted by Gasteiger charge is 2.04. The van der Waals surface area contributed by atoms with Gasteiger partial charge in [0.15, 0.2) is 0 Å². The number of carbonyl (C=O) groups excluding carboxylic acids is 1. The summed E-state index contributed by atoms with van der Waals surface area (Å²) in [5, 5.41) is 9.92. The molecule has 1 N–H and O–H groups in total. The van der Waals surface area contributed by atoms with Crippen molar-refractivity contribution in [3.05, 3.63) is 0 Å². The minimum absolute atomic E-state index is 0.0262. The summed E-state index contributed by atoms with van der Waals surface area (Å²) >= 11 is 0. The van der Waals surface area contributed by atoms with Crippen LogP contribution in [0, 0.1) is 0 Å². The maximum Gasteiger partial charge on any atom is 0.305 e. The molecule has 0 saturated carbocycles. The molecule has 0 aliphatic carbocycles. The lowest BCUT2D eigenvalue weighted by atomic mass is 10.0. The number of carbonyl (C=O) groups is 1. The van der Waals surface area contributed by atoms with Gasteiger partial charge in [-0.2, -0.15) is 0 Å². The van der Waals surface area contributed by atoms with Crippen molar-refractivity contribution in [1.82, 2.24) is 0 Å². The van der Waals surface area contributed by atoms with E-state index in [1.54, 1.807) is 0 Å². The van der Waals surface area contributed by atoms with Crippen LogP contribution in [0.4, 0.5) is 0 Å². The third kappa shape index (κ3) is 19.6. The van der Waals surface area contributed by atoms with Crippen LogP contribution < -0.4 is 0 Å². The Kier molecular flexibility index (Phi) is 19.3. The van der Waals surface area contributed by atoms with Crippen molar-refractivity contribution in [2.24, 2.45) is 0 Å². The Balaban J connectivity index is 3.19. The summed E-state index contributed by atoms with van der Waals surface area (Å²) in [6, 6.07) is 0. The summed E-state index contributed by atoms with van der Waals surface area (Å²) in [7, 11) is 0. The smallest absolute Gasteiger partial charge is 0.305 e. The first kappa shape index (κ1) is 24.4. The van der Waals surface area contributed by atoms with Crippen molar-refractivity contribution in [1.29, 1.82) is 0 Å². The largest absolute Gasteiger partial charge is 0.466 e. The maximum atomic E-state index is 11.4. The van der Waals surface area contributed by atoms with E-state index in [1.165, 1.54) is 64.2 Å². The molecule has 0 radical (unpaired) electrons. The molecule has 3 heteroatoms. The van der Waals surface area contributed by atoms with Crippen molar-refractivity contribution in [3.63, 3.8) is 0 Å². The van der Waals surface area contributed by atoms with E-state index >= 15 is 0 Å². The first-order valence-electron chi connectivity index (χ1n) is 11.0. The molecule has 0 aromatic heterocycles. The molecule has 0 aliphatic heterocycles. The Morgan fingerprint density at radius 1 is 0.720 bits per heavy atom. The Morgan fingerprint density at radius 3 is 1.76 bits per heavy atom. The molecule has 0 amide bonds. The summed E-state index contributed by atoms with van der Waals surface area (Å²) in [5.74, 6) is -0.0262. The van der Waals surface area contributed by atoms with Crippen LogP contribution in [-0.4, -0.2) is 23.8 Å². The quantitative estimate of drug-likeness (QED) is 0.210. The standard InChI is InChI=1S/C22H44O3/c1-3-5-7-14-17-21(23)18-15-12-10-8-9-11-13-16-19-22(24)25-20-6-4-2/h21,23H,3-20H2,1-2H3/t21-/m1/s1. The molecule has 0 fully saturated rings. The van der Waals surface area contributed by atoms with E-state index < -0.39 is 0 Å². The number of unbranched alkanes of at least 4 members (excludes halogenated alkanes) is 11. The van der Waals surface area contributed by atoms with E-state index in [-0.39, 0.29) is 12.1 Å². The van der Waals surface area contributed by atoms with Gasteiger partial charge >= 0.3 is 5.97 Å². The summed E-state index contributed by atoms with van der Waals surface area (Å²) in [6.45, 7) is 4.91. The molecule has 0 saturated heterocycles. The molecule has 0 rings (SSSR count). The fourth-order valence-electron chi connectivity index (χ4n) is 3.06. The van der Waals surface area contributed by atoms with Gasteiger partial charge in [0.05, 0.1) is 12.7 Å². The Morgan fingerprint density at radius 2 is 1.20 bits per heavy atom. The molecule has 0 aromatic rings. The van der Waals surface area contributed by atoms with E-state index in [1.807, 2.05) is 0 Å². The minimum atomic E-state index is -0.0751. The molecular weight excluding hydrogens is 312 g/mol. The van der Waals surface area contributed by atoms with Crippen LogP contribution in [0.1, 0.15) is 123 Å². The number of aliphatic hydroxyl groups excluding tert-OH is 1. The predicted molar refractivity (Wildman–Crippen MR) is 107 cm³/mol. The number of rotatable bonds is 19. The Labute approximate surface area is 156 Å². The first-order valence-corrected chi connectivity index (χ1v) is 11.0. The van der Waals surface area contributed by atoms with Crippen LogP contribution in [0.3, 0.4) is 0 Å². The van der Waals surface area contributed by atoms with E-state index in [2.05, 4.69) is 13.8 Å². The maximum absolute atomic E-state index is 11.4. The molecule has 150 valence electrons. The molecule has 0 heterocycles. The normalized spacial score (nSPS) is 12.3. The monoisotopic (exact) mass is 356 g/mol. The van der Waals surface area contributed by atoms with Crippen LogP contribution in [0.5, 0.6) is 0 Å². The highest BCUT2D eigenvalue weighted by molar-refractivity contribution is 5.69. The zero-order valence-electron chi connectivity index (χ0n) is 17.1. The van der Waals surface area contributed by atoms with Gasteiger partial charge in [-0.3, -0.25) is 4.79 Å². The second-order valence-electron chi connectivity index (χ2n) is 7.44. The average Bonchev–Trinajstić information content (AvgIpc) is 2.60. The van der Waals surface area contributed by atoms with Gasteiger partial charge in [0, 0.05) is 6.42 Å². The molecule has 3 nitrogen and oxygen atoms in total. The Hall–Kier alpha value is -0.570. The molecule has 0 unspecified atom stereocenters. The van der Waals surface area contributed by atoms with E-state index in [0.29, 0.717) is 13.0 Å². The predicted octanol–water partition coefficient (Wildman–Crippen LogP) is 6.56.